The number of phenols is 1. The Bertz CT molecular complexity index is 1010. The van der Waals surface area contributed by atoms with Gasteiger partial charge in [-0.25, -0.2) is 4.79 Å². The second kappa shape index (κ2) is 7.67. The molecule has 0 unspecified atom stereocenters. The molecule has 0 radical (unpaired) electrons. The monoisotopic (exact) mass is 362 g/mol. The van der Waals surface area contributed by atoms with E-state index in [-0.39, 0.29) is 11.3 Å². The third-order valence-corrected chi connectivity index (χ3v) is 4.10. The lowest BCUT2D eigenvalue weighted by Crippen LogP contribution is -1.98. The summed E-state index contributed by atoms with van der Waals surface area (Å²) in [6.45, 7) is 2.69. The number of nitriles is 1. The zero-order valence-corrected chi connectivity index (χ0v) is 14.7. The number of aromatic carboxylic acids is 1. The summed E-state index contributed by atoms with van der Waals surface area (Å²) >= 11 is 0. The second-order valence-corrected chi connectivity index (χ2v) is 5.98. The van der Waals surface area contributed by atoms with Crippen molar-refractivity contribution < 1.29 is 19.7 Å². The van der Waals surface area contributed by atoms with Crippen molar-refractivity contribution in [3.05, 3.63) is 66.0 Å². The molecular weight excluding hydrogens is 344 g/mol. The Hall–Kier alpha value is -3.72. The van der Waals surface area contributed by atoms with Crippen LogP contribution in [0.5, 0.6) is 11.5 Å². The van der Waals surface area contributed by atoms with E-state index in [1.165, 1.54) is 12.1 Å². The molecule has 0 aliphatic carbocycles. The van der Waals surface area contributed by atoms with Gasteiger partial charge in [0.05, 0.1) is 12.2 Å². The first-order chi connectivity index (χ1) is 13.0. The average molecular weight is 362 g/mol. The molecule has 27 heavy (non-hydrogen) atoms. The highest BCUT2D eigenvalue weighted by Gasteiger charge is 2.13. The first-order valence-electron chi connectivity index (χ1n) is 8.45. The number of aromatic hydroxyl groups is 1. The fraction of sp³-hybridized carbons (Fsp3) is 0.143. The normalized spacial score (nSPS) is 10.4. The van der Waals surface area contributed by atoms with Crippen molar-refractivity contribution in [2.75, 3.05) is 6.61 Å². The molecule has 6 nitrogen and oxygen atoms in total. The molecule has 3 rings (SSSR count). The first-order valence-corrected chi connectivity index (χ1v) is 8.45. The van der Waals surface area contributed by atoms with Crippen molar-refractivity contribution >= 4 is 5.97 Å². The summed E-state index contributed by atoms with van der Waals surface area (Å²) in [5.41, 5.74) is 2.46. The van der Waals surface area contributed by atoms with E-state index >= 15 is 0 Å². The van der Waals surface area contributed by atoms with Gasteiger partial charge in [-0.15, -0.1) is 0 Å². The van der Waals surface area contributed by atoms with E-state index < -0.39 is 5.97 Å². The highest BCUT2D eigenvalue weighted by Crippen LogP contribution is 2.29. The van der Waals surface area contributed by atoms with Gasteiger partial charge in [0.25, 0.3) is 0 Å². The summed E-state index contributed by atoms with van der Waals surface area (Å²) in [5.74, 6) is -0.755. The molecule has 2 N–H and O–H groups in total. The van der Waals surface area contributed by atoms with Gasteiger partial charge in [0.1, 0.15) is 23.1 Å². The van der Waals surface area contributed by atoms with Gasteiger partial charge in [0.15, 0.2) is 0 Å². The minimum absolute atomic E-state index is 0.172. The number of aromatic nitrogens is 1. The molecule has 2 aromatic carbocycles. The number of hydrogen-bond donors (Lipinski definition) is 2. The maximum atomic E-state index is 11.0. The van der Waals surface area contributed by atoms with Crippen LogP contribution in [0.1, 0.15) is 29.3 Å². The molecule has 3 aromatic rings. The minimum atomic E-state index is -1.20. The number of benzene rings is 2. The predicted octanol–water partition coefficient (Wildman–Crippen LogP) is 4.21. The molecule has 0 amide bonds. The van der Waals surface area contributed by atoms with Gasteiger partial charge in [0, 0.05) is 29.7 Å². The molecule has 0 bridgehead atoms. The molecule has 0 saturated heterocycles. The Morgan fingerprint density at radius 2 is 1.93 bits per heavy atom. The predicted molar refractivity (Wildman–Crippen MR) is 100 cm³/mol. The summed E-state index contributed by atoms with van der Waals surface area (Å²) in [6, 6.07) is 13.9. The molecule has 1 aromatic heterocycles. The van der Waals surface area contributed by atoms with Gasteiger partial charge >= 0.3 is 5.97 Å². The maximum absolute atomic E-state index is 11.0. The van der Waals surface area contributed by atoms with Crippen LogP contribution in [-0.4, -0.2) is 27.4 Å². The Morgan fingerprint density at radius 1 is 1.19 bits per heavy atom. The van der Waals surface area contributed by atoms with Crippen LogP contribution in [-0.2, 0) is 0 Å². The number of carboxylic acid groups (broad SMARTS) is 1. The van der Waals surface area contributed by atoms with Gasteiger partial charge in [-0.3, -0.25) is 0 Å². The average Bonchev–Trinajstić information content (AvgIpc) is 3.11. The van der Waals surface area contributed by atoms with Crippen LogP contribution in [0.15, 0.2) is 54.9 Å². The highest BCUT2D eigenvalue weighted by molar-refractivity contribution is 5.91. The summed E-state index contributed by atoms with van der Waals surface area (Å²) in [5, 5.41) is 28.4. The van der Waals surface area contributed by atoms with Gasteiger partial charge in [-0.1, -0.05) is 19.1 Å². The summed E-state index contributed by atoms with van der Waals surface area (Å²) in [6.07, 6.45) is 4.35. The molecule has 0 atom stereocenters. The highest BCUT2D eigenvalue weighted by atomic mass is 16.5. The Balaban J connectivity index is 1.95. The number of rotatable bonds is 6. The van der Waals surface area contributed by atoms with Crippen LogP contribution in [0.2, 0.25) is 0 Å². The fourth-order valence-electron chi connectivity index (χ4n) is 2.73. The Morgan fingerprint density at radius 3 is 2.52 bits per heavy atom. The van der Waals surface area contributed by atoms with Crippen LogP contribution in [0, 0.1) is 11.3 Å². The number of ether oxygens (including phenoxy) is 1. The van der Waals surface area contributed by atoms with Crippen LogP contribution < -0.4 is 4.74 Å². The second-order valence-electron chi connectivity index (χ2n) is 5.98. The van der Waals surface area contributed by atoms with E-state index in [4.69, 9.17) is 9.84 Å². The molecule has 1 heterocycles. The maximum Gasteiger partial charge on any atom is 0.339 e. The zero-order valence-electron chi connectivity index (χ0n) is 14.7. The first kappa shape index (κ1) is 18.1. The van der Waals surface area contributed by atoms with Gasteiger partial charge in [-0.05, 0) is 36.2 Å². The SMILES string of the molecule is CCCOc1ccc(-c2cn(-c3ccc(C(=O)O)c(O)c3)cc2C#N)cc1. The van der Waals surface area contributed by atoms with Crippen LogP contribution in [0.3, 0.4) is 0 Å². The zero-order chi connectivity index (χ0) is 19.4. The molecule has 0 spiro atoms. The quantitative estimate of drug-likeness (QED) is 0.685. The van der Waals surface area contributed by atoms with Crippen LogP contribution >= 0.6 is 0 Å². The van der Waals surface area contributed by atoms with E-state index in [0.717, 1.165) is 23.3 Å². The number of nitrogens with zero attached hydrogens (tertiary/aromatic N) is 2. The molecule has 0 fully saturated rings. The Kier molecular flexibility index (Phi) is 5.13. The standard InChI is InChI=1S/C21H18N2O4/c1-2-9-27-17-6-3-14(4-7-17)19-13-23(12-15(19)11-22)16-5-8-18(21(25)26)20(24)10-16/h3-8,10,12-13,24H,2,9H2,1H3,(H,25,26). The van der Waals surface area contributed by atoms with Crippen LogP contribution in [0.25, 0.3) is 16.8 Å². The lowest BCUT2D eigenvalue weighted by molar-refractivity contribution is 0.0693. The van der Waals surface area contributed by atoms with Crippen molar-refractivity contribution in [3.63, 3.8) is 0 Å². The molecule has 136 valence electrons. The number of carboxylic acids is 1. The largest absolute Gasteiger partial charge is 0.507 e. The van der Waals surface area contributed by atoms with Gasteiger partial charge in [0.2, 0.25) is 0 Å². The summed E-state index contributed by atoms with van der Waals surface area (Å²) in [4.78, 5) is 11.0. The third-order valence-electron chi connectivity index (χ3n) is 4.10. The van der Waals surface area contributed by atoms with Gasteiger partial charge in [-0.2, -0.15) is 5.26 Å². The lowest BCUT2D eigenvalue weighted by Gasteiger charge is -2.06. The molecular formula is C21H18N2O4. The van der Waals surface area contributed by atoms with E-state index in [9.17, 15) is 15.2 Å². The summed E-state index contributed by atoms with van der Waals surface area (Å²) in [7, 11) is 0. The van der Waals surface area contributed by atoms with Crippen molar-refractivity contribution in [3.8, 4) is 34.4 Å². The van der Waals surface area contributed by atoms with Crippen molar-refractivity contribution in [1.29, 1.82) is 5.26 Å². The van der Waals surface area contributed by atoms with Gasteiger partial charge < -0.3 is 19.5 Å². The Labute approximate surface area is 156 Å². The number of carbonyl (C=O) groups is 1. The van der Waals surface area contributed by atoms with E-state index in [1.54, 1.807) is 23.0 Å². The molecule has 0 saturated carbocycles. The van der Waals surface area contributed by atoms with Crippen molar-refractivity contribution in [1.82, 2.24) is 4.57 Å². The fourth-order valence-corrected chi connectivity index (χ4v) is 2.73. The molecule has 6 heteroatoms. The smallest absolute Gasteiger partial charge is 0.339 e. The van der Waals surface area contributed by atoms with Crippen LogP contribution in [0.4, 0.5) is 0 Å². The van der Waals surface area contributed by atoms with E-state index in [2.05, 4.69) is 6.07 Å². The topological polar surface area (TPSA) is 95.5 Å². The third kappa shape index (κ3) is 3.77. The molecule has 0 aliphatic heterocycles. The molecule has 0 aliphatic rings. The number of hydrogen-bond acceptors (Lipinski definition) is 4. The van der Waals surface area contributed by atoms with Crippen molar-refractivity contribution in [2.24, 2.45) is 0 Å². The summed E-state index contributed by atoms with van der Waals surface area (Å²) < 4.78 is 7.26. The van der Waals surface area contributed by atoms with E-state index in [0.29, 0.717) is 17.9 Å². The minimum Gasteiger partial charge on any atom is -0.507 e. The van der Waals surface area contributed by atoms with E-state index in [1.807, 2.05) is 31.2 Å². The lowest BCUT2D eigenvalue weighted by atomic mass is 10.1. The van der Waals surface area contributed by atoms with Crippen molar-refractivity contribution in [2.45, 2.75) is 13.3 Å².